The molecular formula is C16H20O4. The molecule has 0 aromatic heterocycles. The fourth-order valence-electron chi connectivity index (χ4n) is 3.04. The number of carbonyl (C=O) groups excluding carboxylic acids is 2. The van der Waals surface area contributed by atoms with Crippen molar-refractivity contribution in [1.29, 1.82) is 0 Å². The molecule has 1 aliphatic rings. The minimum absolute atomic E-state index is 0.293. The molecule has 20 heavy (non-hydrogen) atoms. The molecule has 108 valence electrons. The third kappa shape index (κ3) is 3.00. The number of hydrogen-bond acceptors (Lipinski definition) is 4. The van der Waals surface area contributed by atoms with E-state index in [4.69, 9.17) is 9.47 Å². The molecular weight excluding hydrogens is 256 g/mol. The first-order valence-electron chi connectivity index (χ1n) is 6.88. The number of methoxy groups -OCH3 is 2. The summed E-state index contributed by atoms with van der Waals surface area (Å²) >= 11 is 0. The summed E-state index contributed by atoms with van der Waals surface area (Å²) in [7, 11) is 2.72. The van der Waals surface area contributed by atoms with Gasteiger partial charge in [-0.3, -0.25) is 9.59 Å². The molecule has 3 atom stereocenters. The molecule has 1 aromatic carbocycles. The molecule has 0 saturated heterocycles. The smallest absolute Gasteiger partial charge is 0.309 e. The van der Waals surface area contributed by atoms with Crippen LogP contribution in [0.2, 0.25) is 0 Å². The topological polar surface area (TPSA) is 52.6 Å². The molecule has 0 radical (unpaired) electrons. The van der Waals surface area contributed by atoms with Crippen molar-refractivity contribution in [3.05, 3.63) is 35.9 Å². The van der Waals surface area contributed by atoms with Gasteiger partial charge >= 0.3 is 11.9 Å². The Kier molecular flexibility index (Phi) is 4.77. The molecule has 0 unspecified atom stereocenters. The zero-order valence-electron chi connectivity index (χ0n) is 11.9. The minimum Gasteiger partial charge on any atom is -0.469 e. The van der Waals surface area contributed by atoms with Crippen LogP contribution in [0.1, 0.15) is 30.7 Å². The van der Waals surface area contributed by atoms with E-state index < -0.39 is 5.92 Å². The molecule has 4 heteroatoms. The molecule has 1 saturated carbocycles. The van der Waals surface area contributed by atoms with E-state index in [1.165, 1.54) is 19.8 Å². The quantitative estimate of drug-likeness (QED) is 0.796. The van der Waals surface area contributed by atoms with Crippen LogP contribution in [0.25, 0.3) is 0 Å². The van der Waals surface area contributed by atoms with Crippen LogP contribution >= 0.6 is 0 Å². The lowest BCUT2D eigenvalue weighted by molar-refractivity contribution is -0.159. The van der Waals surface area contributed by atoms with E-state index in [0.29, 0.717) is 18.8 Å². The fourth-order valence-corrected chi connectivity index (χ4v) is 3.04. The predicted octanol–water partition coefficient (Wildman–Crippen LogP) is 2.53. The Hall–Kier alpha value is -1.84. The molecule has 2 rings (SSSR count). The average Bonchev–Trinajstić information content (AvgIpc) is 2.53. The zero-order valence-corrected chi connectivity index (χ0v) is 11.9. The lowest BCUT2D eigenvalue weighted by Crippen LogP contribution is -2.36. The highest BCUT2D eigenvalue weighted by Crippen LogP contribution is 2.40. The summed E-state index contributed by atoms with van der Waals surface area (Å²) in [6.07, 6.45) is 2.18. The van der Waals surface area contributed by atoms with Crippen LogP contribution in [0.5, 0.6) is 0 Å². The molecule has 0 N–H and O–H groups in total. The standard InChI is InChI=1S/C16H20O4/c1-19-15(17)13-9-8-12(10-14(13)16(18)20-2)11-6-4-3-5-7-11/h3-7,12-14H,8-10H2,1-2H3/t12-,13-,14+/m0/s1. The third-order valence-corrected chi connectivity index (χ3v) is 4.13. The van der Waals surface area contributed by atoms with E-state index in [1.807, 2.05) is 18.2 Å². The predicted molar refractivity (Wildman–Crippen MR) is 74.0 cm³/mol. The van der Waals surface area contributed by atoms with Crippen LogP contribution in [-0.4, -0.2) is 26.2 Å². The maximum absolute atomic E-state index is 11.9. The number of esters is 2. The van der Waals surface area contributed by atoms with Gasteiger partial charge in [-0.2, -0.15) is 0 Å². The minimum atomic E-state index is -0.411. The number of ether oxygens (including phenoxy) is 2. The Labute approximate surface area is 119 Å². The highest BCUT2D eigenvalue weighted by Gasteiger charge is 2.40. The second-order valence-electron chi connectivity index (χ2n) is 5.18. The van der Waals surface area contributed by atoms with Gasteiger partial charge in [0.2, 0.25) is 0 Å². The Morgan fingerprint density at radius 1 is 0.950 bits per heavy atom. The van der Waals surface area contributed by atoms with Crippen molar-refractivity contribution in [2.24, 2.45) is 11.8 Å². The van der Waals surface area contributed by atoms with Crippen LogP contribution in [0.15, 0.2) is 30.3 Å². The summed E-state index contributed by atoms with van der Waals surface area (Å²) in [6, 6.07) is 10.1. The van der Waals surface area contributed by atoms with Crippen LogP contribution in [0.4, 0.5) is 0 Å². The maximum Gasteiger partial charge on any atom is 0.309 e. The van der Waals surface area contributed by atoms with Crippen molar-refractivity contribution in [3.8, 4) is 0 Å². The number of rotatable bonds is 3. The van der Waals surface area contributed by atoms with E-state index in [1.54, 1.807) is 0 Å². The van der Waals surface area contributed by atoms with E-state index in [0.717, 1.165) is 6.42 Å². The summed E-state index contributed by atoms with van der Waals surface area (Å²) in [5.74, 6) is -1.13. The van der Waals surface area contributed by atoms with E-state index in [9.17, 15) is 9.59 Å². The van der Waals surface area contributed by atoms with Gasteiger partial charge in [0, 0.05) is 0 Å². The van der Waals surface area contributed by atoms with Gasteiger partial charge in [0.15, 0.2) is 0 Å². The van der Waals surface area contributed by atoms with Crippen LogP contribution in [-0.2, 0) is 19.1 Å². The first kappa shape index (κ1) is 14.6. The summed E-state index contributed by atoms with van der Waals surface area (Å²) in [6.45, 7) is 0. The van der Waals surface area contributed by atoms with Crippen molar-refractivity contribution in [2.45, 2.75) is 25.2 Å². The summed E-state index contributed by atoms with van der Waals surface area (Å²) in [5, 5.41) is 0. The van der Waals surface area contributed by atoms with Gasteiger partial charge in [-0.1, -0.05) is 30.3 Å². The van der Waals surface area contributed by atoms with E-state index >= 15 is 0 Å². The molecule has 1 aromatic rings. The van der Waals surface area contributed by atoms with Crippen LogP contribution in [0, 0.1) is 11.8 Å². The Morgan fingerprint density at radius 3 is 2.15 bits per heavy atom. The summed E-state index contributed by atoms with van der Waals surface area (Å²) in [4.78, 5) is 23.8. The van der Waals surface area contributed by atoms with Gasteiger partial charge < -0.3 is 9.47 Å². The largest absolute Gasteiger partial charge is 0.469 e. The highest BCUT2D eigenvalue weighted by molar-refractivity contribution is 5.82. The lowest BCUT2D eigenvalue weighted by Gasteiger charge is -2.33. The Bertz CT molecular complexity index is 469. The maximum atomic E-state index is 11.9. The lowest BCUT2D eigenvalue weighted by atomic mass is 9.72. The zero-order chi connectivity index (χ0) is 14.5. The van der Waals surface area contributed by atoms with Gasteiger partial charge in [0.1, 0.15) is 0 Å². The van der Waals surface area contributed by atoms with Gasteiger partial charge in [-0.25, -0.2) is 0 Å². The second kappa shape index (κ2) is 6.55. The van der Waals surface area contributed by atoms with Crippen molar-refractivity contribution in [3.63, 3.8) is 0 Å². The van der Waals surface area contributed by atoms with Crippen molar-refractivity contribution >= 4 is 11.9 Å². The monoisotopic (exact) mass is 276 g/mol. The van der Waals surface area contributed by atoms with Gasteiger partial charge in [0.25, 0.3) is 0 Å². The SMILES string of the molecule is COC(=O)[C@H]1CC[C@H](c2ccccc2)C[C@H]1C(=O)OC. The molecule has 0 aliphatic heterocycles. The average molecular weight is 276 g/mol. The van der Waals surface area contributed by atoms with E-state index in [2.05, 4.69) is 12.1 Å². The van der Waals surface area contributed by atoms with E-state index in [-0.39, 0.29) is 17.9 Å². The van der Waals surface area contributed by atoms with Crippen molar-refractivity contribution in [1.82, 2.24) is 0 Å². The van der Waals surface area contributed by atoms with Crippen molar-refractivity contribution in [2.75, 3.05) is 14.2 Å². The molecule has 4 nitrogen and oxygen atoms in total. The molecule has 1 fully saturated rings. The molecule has 0 amide bonds. The first-order valence-corrected chi connectivity index (χ1v) is 6.88. The summed E-state index contributed by atoms with van der Waals surface area (Å²) in [5.41, 5.74) is 1.21. The van der Waals surface area contributed by atoms with Crippen molar-refractivity contribution < 1.29 is 19.1 Å². The van der Waals surface area contributed by atoms with Crippen LogP contribution < -0.4 is 0 Å². The molecule has 0 heterocycles. The number of benzene rings is 1. The van der Waals surface area contributed by atoms with Gasteiger partial charge in [-0.15, -0.1) is 0 Å². The first-order chi connectivity index (χ1) is 9.67. The summed E-state index contributed by atoms with van der Waals surface area (Å²) < 4.78 is 9.66. The Morgan fingerprint density at radius 2 is 1.55 bits per heavy atom. The third-order valence-electron chi connectivity index (χ3n) is 4.13. The van der Waals surface area contributed by atoms with Gasteiger partial charge in [-0.05, 0) is 30.7 Å². The normalized spacial score (nSPS) is 25.8. The molecule has 1 aliphatic carbocycles. The molecule has 0 spiro atoms. The van der Waals surface area contributed by atoms with Crippen LogP contribution in [0.3, 0.4) is 0 Å². The number of carbonyl (C=O) groups is 2. The Balaban J connectivity index is 2.17. The molecule has 0 bridgehead atoms. The highest BCUT2D eigenvalue weighted by atomic mass is 16.5. The second-order valence-corrected chi connectivity index (χ2v) is 5.18. The fraction of sp³-hybridized carbons (Fsp3) is 0.500. The van der Waals surface area contributed by atoms with Gasteiger partial charge in [0.05, 0.1) is 26.1 Å². The number of hydrogen-bond donors (Lipinski definition) is 0.